The summed E-state index contributed by atoms with van der Waals surface area (Å²) in [6, 6.07) is -1.93. The fraction of sp³-hybridized carbons (Fsp3) is 0.886. The molecule has 2 saturated heterocycles. The molecular weight excluding hydrogens is 714 g/mol. The highest BCUT2D eigenvalue weighted by Crippen LogP contribution is 2.23. The number of hydrogen-bond donors (Lipinski definition) is 10. The van der Waals surface area contributed by atoms with E-state index in [0.29, 0.717) is 39.0 Å². The molecule has 2 rings (SSSR count). The van der Waals surface area contributed by atoms with Crippen LogP contribution >= 0.6 is 0 Å². The van der Waals surface area contributed by atoms with E-state index in [0.717, 1.165) is 38.5 Å². The van der Waals surface area contributed by atoms with Crippen LogP contribution in [0.1, 0.15) is 84.0 Å². The zero-order valence-electron chi connectivity index (χ0n) is 31.6. The highest BCUT2D eigenvalue weighted by Gasteiger charge is 2.44. The zero-order chi connectivity index (χ0) is 40.0. The molecule has 0 radical (unpaired) electrons. The number of esters is 1. The number of nitrogens with one attached hydrogen (secondary N) is 3. The van der Waals surface area contributed by atoms with E-state index < -0.39 is 73.9 Å². The van der Waals surface area contributed by atoms with Crippen LogP contribution in [-0.2, 0) is 42.9 Å². The summed E-state index contributed by atoms with van der Waals surface area (Å²) in [4.78, 5) is 47.9. The van der Waals surface area contributed by atoms with Crippen LogP contribution in [0.2, 0.25) is 0 Å². The number of carbonyl (C=O) groups excluding carboxylic acids is 4. The Morgan fingerprint density at radius 1 is 0.685 bits per heavy atom. The lowest BCUT2D eigenvalue weighted by molar-refractivity contribution is -0.267. The van der Waals surface area contributed by atoms with Gasteiger partial charge in [-0.15, -0.1) is 0 Å². The Morgan fingerprint density at radius 2 is 1.20 bits per heavy atom. The molecule has 54 heavy (non-hydrogen) atoms. The first-order valence-corrected chi connectivity index (χ1v) is 19.1. The summed E-state index contributed by atoms with van der Waals surface area (Å²) in [5.74, 6) is -1.48. The van der Waals surface area contributed by atoms with Crippen molar-refractivity contribution in [3.8, 4) is 0 Å². The lowest BCUT2D eigenvalue weighted by atomic mass is 9.98. The number of nitrogens with two attached hydrogens (primary N) is 2. The van der Waals surface area contributed by atoms with E-state index in [1.54, 1.807) is 6.92 Å². The minimum Gasteiger partial charge on any atom is -0.463 e. The van der Waals surface area contributed by atoms with Crippen molar-refractivity contribution < 1.29 is 68.4 Å². The summed E-state index contributed by atoms with van der Waals surface area (Å²) in [5.41, 5.74) is 11.8. The molecule has 2 aliphatic heterocycles. The molecule has 0 aromatic carbocycles. The topological polar surface area (TPSA) is 304 Å². The Kier molecular flexibility index (Phi) is 23.2. The highest BCUT2D eigenvalue weighted by molar-refractivity contribution is 5.81. The molecule has 0 aromatic rings. The Bertz CT molecular complexity index is 1110. The van der Waals surface area contributed by atoms with Crippen LogP contribution in [0.4, 0.5) is 0 Å². The normalized spacial score (nSPS) is 28.9. The second-order valence-electron chi connectivity index (χ2n) is 13.9. The molecule has 11 atom stereocenters. The van der Waals surface area contributed by atoms with Crippen molar-refractivity contribution >= 4 is 23.7 Å². The van der Waals surface area contributed by atoms with Gasteiger partial charge in [-0.3, -0.25) is 19.2 Å². The van der Waals surface area contributed by atoms with Crippen LogP contribution < -0.4 is 27.4 Å². The largest absolute Gasteiger partial charge is 0.463 e. The van der Waals surface area contributed by atoms with E-state index in [9.17, 15) is 44.7 Å². The standard InChI is InChI=1S/C35H65N5O14/c1-21(33(49)40-16-8-4-6-10-17-50-34-27(36)31(47)29(45)22(19-41)53-34)11-12-25(43)39-15-7-3-5-9-18-51-35-28(37)32(48)30(46)23(54-35)20-52-26(44)14-13-24(42)38-2/h21-23,27-32,34-35,41,45-48H,3-20,36-37H2,1-2H3,(H,38,42)(H,39,43)(H,40,49). The fourth-order valence-corrected chi connectivity index (χ4v) is 5.82. The van der Waals surface area contributed by atoms with Gasteiger partial charge in [0.1, 0.15) is 43.2 Å². The van der Waals surface area contributed by atoms with Crippen LogP contribution in [0.5, 0.6) is 0 Å². The van der Waals surface area contributed by atoms with Crippen molar-refractivity contribution in [1.29, 1.82) is 0 Å². The predicted octanol–water partition coefficient (Wildman–Crippen LogP) is -2.60. The van der Waals surface area contributed by atoms with Crippen molar-refractivity contribution in [3.63, 3.8) is 0 Å². The van der Waals surface area contributed by atoms with E-state index in [1.165, 1.54) is 7.05 Å². The molecule has 0 aliphatic carbocycles. The quantitative estimate of drug-likeness (QED) is 0.0318. The molecule has 2 heterocycles. The lowest BCUT2D eigenvalue weighted by Crippen LogP contribution is -2.62. The van der Waals surface area contributed by atoms with Gasteiger partial charge in [-0.25, -0.2) is 0 Å². The average molecular weight is 780 g/mol. The molecule has 0 spiro atoms. The number of aliphatic hydroxyl groups excluding tert-OH is 5. The summed E-state index contributed by atoms with van der Waals surface area (Å²) in [5, 5.41) is 57.9. The van der Waals surface area contributed by atoms with Gasteiger partial charge in [0.2, 0.25) is 17.7 Å². The second kappa shape index (κ2) is 26.3. The van der Waals surface area contributed by atoms with Gasteiger partial charge in [0.05, 0.1) is 25.1 Å². The number of unbranched alkanes of at least 4 members (excludes halogenated alkanes) is 6. The first-order chi connectivity index (χ1) is 25.8. The van der Waals surface area contributed by atoms with Gasteiger partial charge in [0, 0.05) is 52.1 Å². The fourth-order valence-electron chi connectivity index (χ4n) is 5.82. The summed E-state index contributed by atoms with van der Waals surface area (Å²) < 4.78 is 27.5. The average Bonchev–Trinajstić information content (AvgIpc) is 3.16. The van der Waals surface area contributed by atoms with Gasteiger partial charge in [0.15, 0.2) is 12.6 Å². The maximum absolute atomic E-state index is 12.4. The number of ether oxygens (including phenoxy) is 5. The van der Waals surface area contributed by atoms with Gasteiger partial charge in [-0.1, -0.05) is 32.6 Å². The van der Waals surface area contributed by atoms with Crippen LogP contribution in [-0.4, -0.2) is 157 Å². The molecule has 2 fully saturated rings. The van der Waals surface area contributed by atoms with Gasteiger partial charge >= 0.3 is 5.97 Å². The van der Waals surface area contributed by atoms with Crippen LogP contribution in [0.15, 0.2) is 0 Å². The second-order valence-corrected chi connectivity index (χ2v) is 13.9. The van der Waals surface area contributed by atoms with Gasteiger partial charge < -0.3 is 76.6 Å². The number of aliphatic hydroxyl groups is 5. The summed E-state index contributed by atoms with van der Waals surface area (Å²) in [6.07, 6.45) is -2.49. The molecule has 19 nitrogen and oxygen atoms in total. The third-order valence-electron chi connectivity index (χ3n) is 9.50. The zero-order valence-corrected chi connectivity index (χ0v) is 31.6. The van der Waals surface area contributed by atoms with E-state index in [2.05, 4.69) is 16.0 Å². The van der Waals surface area contributed by atoms with E-state index in [4.69, 9.17) is 35.2 Å². The van der Waals surface area contributed by atoms with Crippen molar-refractivity contribution in [2.24, 2.45) is 17.4 Å². The van der Waals surface area contributed by atoms with Crippen molar-refractivity contribution in [3.05, 3.63) is 0 Å². The number of carbonyl (C=O) groups is 4. The van der Waals surface area contributed by atoms with Crippen LogP contribution in [0, 0.1) is 5.92 Å². The minimum absolute atomic E-state index is 0.0375. The molecule has 2 aliphatic rings. The smallest absolute Gasteiger partial charge is 0.306 e. The molecule has 12 N–H and O–H groups in total. The maximum atomic E-state index is 12.4. The minimum atomic E-state index is -1.38. The summed E-state index contributed by atoms with van der Waals surface area (Å²) >= 11 is 0. The molecule has 19 heteroatoms. The van der Waals surface area contributed by atoms with Gasteiger partial charge in [0.25, 0.3) is 0 Å². The molecular formula is C35H65N5O14. The Balaban J connectivity index is 1.46. The Morgan fingerprint density at radius 3 is 1.76 bits per heavy atom. The molecule has 0 bridgehead atoms. The van der Waals surface area contributed by atoms with Gasteiger partial charge in [-0.05, 0) is 32.1 Å². The van der Waals surface area contributed by atoms with Crippen molar-refractivity contribution in [2.45, 2.75) is 145 Å². The predicted molar refractivity (Wildman–Crippen MR) is 192 cm³/mol. The Hall–Kier alpha value is -2.56. The first kappa shape index (κ1) is 47.6. The highest BCUT2D eigenvalue weighted by atomic mass is 16.7. The van der Waals surface area contributed by atoms with Gasteiger partial charge in [-0.2, -0.15) is 0 Å². The Labute approximate surface area is 317 Å². The van der Waals surface area contributed by atoms with E-state index in [-0.39, 0.29) is 56.1 Å². The molecule has 11 unspecified atom stereocenters. The molecule has 3 amide bonds. The summed E-state index contributed by atoms with van der Waals surface area (Å²) in [7, 11) is 1.46. The van der Waals surface area contributed by atoms with Crippen molar-refractivity contribution in [2.75, 3.05) is 46.6 Å². The lowest BCUT2D eigenvalue weighted by Gasteiger charge is -2.40. The van der Waals surface area contributed by atoms with Crippen LogP contribution in [0.25, 0.3) is 0 Å². The summed E-state index contributed by atoms with van der Waals surface area (Å²) in [6.45, 7) is 2.63. The molecule has 0 aromatic heterocycles. The number of amides is 3. The third kappa shape index (κ3) is 17.1. The van der Waals surface area contributed by atoms with Crippen LogP contribution in [0.3, 0.4) is 0 Å². The molecule has 314 valence electrons. The van der Waals surface area contributed by atoms with Crippen molar-refractivity contribution in [1.82, 2.24) is 16.0 Å². The molecule has 0 saturated carbocycles. The first-order valence-electron chi connectivity index (χ1n) is 19.1. The van der Waals surface area contributed by atoms with E-state index in [1.807, 2.05) is 0 Å². The maximum Gasteiger partial charge on any atom is 0.306 e. The monoisotopic (exact) mass is 779 g/mol. The number of hydrogen-bond acceptors (Lipinski definition) is 16. The third-order valence-corrected chi connectivity index (χ3v) is 9.50. The SMILES string of the molecule is CNC(=O)CCC(=O)OCC1OC(OCCCCCCNC(=O)CCC(C)C(=O)NCCCCCCOC2OC(CO)C(O)C(O)C2N)C(N)C(O)C1O. The van der Waals surface area contributed by atoms with E-state index >= 15 is 0 Å². The number of rotatable bonds is 26.